The Morgan fingerprint density at radius 2 is 1.86 bits per heavy atom. The van der Waals surface area contributed by atoms with Crippen LogP contribution < -0.4 is 10.3 Å². The third-order valence-electron chi connectivity index (χ3n) is 3.93. The van der Waals surface area contributed by atoms with Crippen molar-refractivity contribution in [3.8, 4) is 23.6 Å². The van der Waals surface area contributed by atoms with Gasteiger partial charge >= 0.3 is 0 Å². The van der Waals surface area contributed by atoms with Crippen molar-refractivity contribution in [1.82, 2.24) is 10.2 Å². The van der Waals surface area contributed by atoms with Crippen LogP contribution in [0.3, 0.4) is 0 Å². The van der Waals surface area contributed by atoms with E-state index >= 15 is 4.39 Å². The zero-order valence-electron chi connectivity index (χ0n) is 14.6. The Bertz CT molecular complexity index is 1180. The fraction of sp³-hybridized carbons (Fsp3) is 0.100. The van der Waals surface area contributed by atoms with Crippen LogP contribution in [0.25, 0.3) is 0 Å². The van der Waals surface area contributed by atoms with Gasteiger partial charge in [-0.1, -0.05) is 6.07 Å². The van der Waals surface area contributed by atoms with E-state index in [-0.39, 0.29) is 34.6 Å². The summed E-state index contributed by atoms with van der Waals surface area (Å²) in [5, 5.41) is 24.5. The molecule has 0 saturated carbocycles. The Labute approximate surface area is 173 Å². The number of benzene rings is 2. The van der Waals surface area contributed by atoms with E-state index in [4.69, 9.17) is 15.3 Å². The SMILES string of the molecule is Cc1cc(Cc2ccc(I)c(Oc3cc(C#N)cc(C#N)c3)c2F)n[nH]c1=O. The molecule has 8 heteroatoms. The van der Waals surface area contributed by atoms with E-state index in [1.807, 2.05) is 34.7 Å². The Hall–Kier alpha value is -3.24. The summed E-state index contributed by atoms with van der Waals surface area (Å²) in [6, 6.07) is 13.1. The Balaban J connectivity index is 1.98. The predicted octanol–water partition coefficient (Wildman–Crippen LogP) is 3.95. The molecule has 3 aromatic rings. The van der Waals surface area contributed by atoms with Gasteiger partial charge in [0.1, 0.15) is 5.75 Å². The van der Waals surface area contributed by atoms with Crippen molar-refractivity contribution in [2.45, 2.75) is 13.3 Å². The number of nitriles is 2. The first-order valence-electron chi connectivity index (χ1n) is 8.06. The molecule has 0 aliphatic carbocycles. The molecule has 6 nitrogen and oxygen atoms in total. The molecule has 1 aromatic heterocycles. The molecule has 0 atom stereocenters. The van der Waals surface area contributed by atoms with E-state index in [0.29, 0.717) is 20.4 Å². The average Bonchev–Trinajstić information content (AvgIpc) is 2.69. The summed E-state index contributed by atoms with van der Waals surface area (Å²) in [7, 11) is 0. The van der Waals surface area contributed by atoms with Crippen LogP contribution in [0.15, 0.2) is 41.2 Å². The molecule has 0 amide bonds. The molecule has 0 unspecified atom stereocenters. The third kappa shape index (κ3) is 4.18. The summed E-state index contributed by atoms with van der Waals surface area (Å²) in [6.07, 6.45) is 0.165. The van der Waals surface area contributed by atoms with Crippen molar-refractivity contribution in [2.24, 2.45) is 0 Å². The molecule has 0 spiro atoms. The van der Waals surface area contributed by atoms with Gasteiger partial charge in [0.05, 0.1) is 32.5 Å². The van der Waals surface area contributed by atoms with E-state index in [9.17, 15) is 4.79 Å². The molecule has 3 rings (SSSR count). The van der Waals surface area contributed by atoms with Crippen LogP contribution in [-0.2, 0) is 6.42 Å². The molecule has 28 heavy (non-hydrogen) atoms. The average molecular weight is 486 g/mol. The second-order valence-corrected chi connectivity index (χ2v) is 7.13. The first kappa shape index (κ1) is 19.5. The molecule has 0 aliphatic rings. The van der Waals surface area contributed by atoms with Gasteiger partial charge in [0.15, 0.2) is 11.6 Å². The first-order valence-corrected chi connectivity index (χ1v) is 9.14. The maximum atomic E-state index is 15.1. The van der Waals surface area contributed by atoms with Gasteiger partial charge in [0.2, 0.25) is 0 Å². The molecule has 0 saturated heterocycles. The molecule has 0 bridgehead atoms. The molecule has 0 aliphatic heterocycles. The lowest BCUT2D eigenvalue weighted by Gasteiger charge is -2.12. The van der Waals surface area contributed by atoms with Crippen molar-refractivity contribution in [3.05, 3.63) is 84.1 Å². The number of H-pyrrole nitrogens is 1. The number of rotatable bonds is 4. The molecule has 0 fully saturated rings. The highest BCUT2D eigenvalue weighted by atomic mass is 127. The van der Waals surface area contributed by atoms with E-state index in [0.717, 1.165) is 0 Å². The number of ether oxygens (including phenoxy) is 1. The maximum absolute atomic E-state index is 15.1. The zero-order valence-corrected chi connectivity index (χ0v) is 16.7. The number of nitrogens with zero attached hydrogens (tertiary/aromatic N) is 3. The molecule has 2 aromatic carbocycles. The summed E-state index contributed by atoms with van der Waals surface area (Å²) in [5.41, 5.74) is 1.54. The molecule has 138 valence electrons. The van der Waals surface area contributed by atoms with Gasteiger partial charge in [-0.3, -0.25) is 4.79 Å². The third-order valence-corrected chi connectivity index (χ3v) is 4.78. The largest absolute Gasteiger partial charge is 0.453 e. The Morgan fingerprint density at radius 1 is 1.18 bits per heavy atom. The maximum Gasteiger partial charge on any atom is 0.267 e. The highest BCUT2D eigenvalue weighted by molar-refractivity contribution is 14.1. The molecule has 1 heterocycles. The fourth-order valence-electron chi connectivity index (χ4n) is 2.55. The first-order chi connectivity index (χ1) is 13.4. The Morgan fingerprint density at radius 3 is 2.46 bits per heavy atom. The van der Waals surface area contributed by atoms with Crippen LogP contribution >= 0.6 is 22.6 Å². The fourth-order valence-corrected chi connectivity index (χ4v) is 3.08. The number of nitrogens with one attached hydrogen (secondary N) is 1. The van der Waals surface area contributed by atoms with Crippen molar-refractivity contribution in [1.29, 1.82) is 10.5 Å². The zero-order chi connectivity index (χ0) is 20.3. The van der Waals surface area contributed by atoms with Crippen molar-refractivity contribution >= 4 is 22.6 Å². The van der Waals surface area contributed by atoms with Crippen LogP contribution in [0.4, 0.5) is 4.39 Å². The minimum absolute atomic E-state index is 0.00164. The van der Waals surface area contributed by atoms with Crippen LogP contribution in [0, 0.1) is 39.0 Å². The monoisotopic (exact) mass is 486 g/mol. The van der Waals surface area contributed by atoms with E-state index in [1.54, 1.807) is 25.1 Å². The number of hydrogen-bond acceptors (Lipinski definition) is 5. The highest BCUT2D eigenvalue weighted by Crippen LogP contribution is 2.33. The smallest absolute Gasteiger partial charge is 0.267 e. The minimum Gasteiger partial charge on any atom is -0.453 e. The predicted molar refractivity (Wildman–Crippen MR) is 107 cm³/mol. The second kappa shape index (κ2) is 8.19. The van der Waals surface area contributed by atoms with Crippen molar-refractivity contribution in [2.75, 3.05) is 0 Å². The topological polar surface area (TPSA) is 103 Å². The molecule has 0 radical (unpaired) electrons. The summed E-state index contributed by atoms with van der Waals surface area (Å²) < 4.78 is 21.3. The van der Waals surface area contributed by atoms with E-state index < -0.39 is 5.82 Å². The van der Waals surface area contributed by atoms with Crippen molar-refractivity contribution < 1.29 is 9.13 Å². The lowest BCUT2D eigenvalue weighted by atomic mass is 10.1. The number of hydrogen-bond donors (Lipinski definition) is 1. The molecular weight excluding hydrogens is 474 g/mol. The van der Waals surface area contributed by atoms with E-state index in [2.05, 4.69) is 10.2 Å². The van der Waals surface area contributed by atoms with Gasteiger partial charge in [0.25, 0.3) is 5.56 Å². The van der Waals surface area contributed by atoms with Crippen LogP contribution in [-0.4, -0.2) is 10.2 Å². The highest BCUT2D eigenvalue weighted by Gasteiger charge is 2.16. The molecule has 1 N–H and O–H groups in total. The van der Waals surface area contributed by atoms with Gasteiger partial charge in [-0.05, 0) is 65.4 Å². The van der Waals surface area contributed by atoms with Gasteiger partial charge in [-0.15, -0.1) is 0 Å². The summed E-state index contributed by atoms with van der Waals surface area (Å²) >= 11 is 1.95. The number of aryl methyl sites for hydroxylation is 1. The number of halogens is 2. The van der Waals surface area contributed by atoms with Gasteiger partial charge in [-0.2, -0.15) is 15.6 Å². The van der Waals surface area contributed by atoms with Crippen molar-refractivity contribution in [3.63, 3.8) is 0 Å². The second-order valence-electron chi connectivity index (χ2n) is 5.97. The summed E-state index contributed by atoms with van der Waals surface area (Å²) in [6.45, 7) is 1.65. The van der Waals surface area contributed by atoms with E-state index in [1.165, 1.54) is 18.2 Å². The van der Waals surface area contributed by atoms with Gasteiger partial charge in [-0.25, -0.2) is 9.49 Å². The number of aromatic amines is 1. The van der Waals surface area contributed by atoms with Gasteiger partial charge in [0, 0.05) is 12.0 Å². The quantitative estimate of drug-likeness (QED) is 0.563. The lowest BCUT2D eigenvalue weighted by Crippen LogP contribution is -2.13. The lowest BCUT2D eigenvalue weighted by molar-refractivity contribution is 0.435. The van der Waals surface area contributed by atoms with Crippen LogP contribution in [0.5, 0.6) is 11.5 Å². The minimum atomic E-state index is -0.571. The Kier molecular flexibility index (Phi) is 5.71. The molecular formula is C20H12FIN4O2. The van der Waals surface area contributed by atoms with Gasteiger partial charge < -0.3 is 4.74 Å². The normalized spacial score (nSPS) is 10.2. The summed E-state index contributed by atoms with van der Waals surface area (Å²) in [4.78, 5) is 11.4. The van der Waals surface area contributed by atoms with Crippen LogP contribution in [0.1, 0.15) is 27.9 Å². The van der Waals surface area contributed by atoms with Crippen LogP contribution in [0.2, 0.25) is 0 Å². The summed E-state index contributed by atoms with van der Waals surface area (Å²) in [5.74, 6) is -0.376. The standard InChI is InChI=1S/C20H12FIN4O2/c1-11-4-15(25-26-20(11)27)8-14-2-3-17(22)19(18(14)21)28-16-6-12(9-23)5-13(7-16)10-24/h2-7H,8H2,1H3,(H,26,27). The number of aromatic nitrogens is 2.